The summed E-state index contributed by atoms with van der Waals surface area (Å²) in [5, 5.41) is 0. The van der Waals surface area contributed by atoms with Crippen molar-refractivity contribution < 1.29 is 9.47 Å². The molecule has 5 nitrogen and oxygen atoms in total. The lowest BCUT2D eigenvalue weighted by atomic mass is 10.2. The highest BCUT2D eigenvalue weighted by Crippen LogP contribution is 2.33. The molecule has 0 amide bonds. The van der Waals surface area contributed by atoms with Crippen LogP contribution in [0.3, 0.4) is 0 Å². The van der Waals surface area contributed by atoms with Crippen molar-refractivity contribution in [3.05, 3.63) is 18.2 Å². The smallest absolute Gasteiger partial charge is 0.163 e. The summed E-state index contributed by atoms with van der Waals surface area (Å²) in [6, 6.07) is 6.27. The first-order valence-electron chi connectivity index (χ1n) is 7.44. The lowest BCUT2D eigenvalue weighted by molar-refractivity contribution is 0.264. The third kappa shape index (κ3) is 2.99. The summed E-state index contributed by atoms with van der Waals surface area (Å²) in [5.74, 6) is 1.75. The Hall–Kier alpha value is -1.46. The summed E-state index contributed by atoms with van der Waals surface area (Å²) in [6.45, 7) is 7.44. The maximum atomic E-state index is 5.76. The summed E-state index contributed by atoms with van der Waals surface area (Å²) in [4.78, 5) is 4.82. The SMILES string of the molecule is NCCN1CCN(c2ccc3c(c2)OCCCO3)CC1. The number of piperazine rings is 1. The van der Waals surface area contributed by atoms with Crippen molar-refractivity contribution in [1.82, 2.24) is 4.90 Å². The molecule has 0 saturated carbocycles. The van der Waals surface area contributed by atoms with E-state index in [-0.39, 0.29) is 0 Å². The van der Waals surface area contributed by atoms with Gasteiger partial charge in [0, 0.05) is 57.4 Å². The van der Waals surface area contributed by atoms with Gasteiger partial charge < -0.3 is 20.1 Å². The lowest BCUT2D eigenvalue weighted by Gasteiger charge is -2.36. The molecular weight excluding hydrogens is 254 g/mol. The van der Waals surface area contributed by atoms with Crippen molar-refractivity contribution in [2.45, 2.75) is 6.42 Å². The first kappa shape index (κ1) is 13.5. The zero-order valence-corrected chi connectivity index (χ0v) is 11.9. The van der Waals surface area contributed by atoms with Gasteiger partial charge in [-0.05, 0) is 12.1 Å². The minimum absolute atomic E-state index is 0.737. The molecule has 0 radical (unpaired) electrons. The van der Waals surface area contributed by atoms with E-state index in [2.05, 4.69) is 21.9 Å². The normalized spacial score (nSPS) is 19.8. The molecule has 0 bridgehead atoms. The fourth-order valence-corrected chi connectivity index (χ4v) is 2.76. The Labute approximate surface area is 120 Å². The van der Waals surface area contributed by atoms with Crippen LogP contribution in [0.1, 0.15) is 6.42 Å². The molecule has 0 atom stereocenters. The van der Waals surface area contributed by atoms with E-state index in [1.165, 1.54) is 5.69 Å². The zero-order chi connectivity index (χ0) is 13.8. The molecule has 1 aromatic carbocycles. The summed E-state index contributed by atoms with van der Waals surface area (Å²) >= 11 is 0. The van der Waals surface area contributed by atoms with Gasteiger partial charge in [-0.2, -0.15) is 0 Å². The van der Waals surface area contributed by atoms with Gasteiger partial charge in [0.2, 0.25) is 0 Å². The Kier molecular flexibility index (Phi) is 4.28. The zero-order valence-electron chi connectivity index (χ0n) is 11.9. The molecule has 1 saturated heterocycles. The molecule has 110 valence electrons. The molecule has 0 aromatic heterocycles. The standard InChI is InChI=1S/C15H23N3O2/c16-4-5-17-6-8-18(9-7-17)13-2-3-14-15(12-13)20-11-1-10-19-14/h2-3,12H,1,4-11,16H2. The Morgan fingerprint density at radius 1 is 1.00 bits per heavy atom. The van der Waals surface area contributed by atoms with E-state index in [0.29, 0.717) is 0 Å². The predicted octanol–water partition coefficient (Wildman–Crippen LogP) is 0.929. The minimum Gasteiger partial charge on any atom is -0.490 e. The van der Waals surface area contributed by atoms with Crippen LogP contribution in [0.15, 0.2) is 18.2 Å². The van der Waals surface area contributed by atoms with E-state index in [1.807, 2.05) is 6.07 Å². The molecule has 2 aliphatic rings. The summed E-state index contributed by atoms with van der Waals surface area (Å²) < 4.78 is 11.4. The molecule has 5 heteroatoms. The van der Waals surface area contributed by atoms with E-state index < -0.39 is 0 Å². The van der Waals surface area contributed by atoms with Crippen LogP contribution in [0.2, 0.25) is 0 Å². The summed E-state index contributed by atoms with van der Waals surface area (Å²) in [5.41, 5.74) is 6.83. The molecule has 2 aliphatic heterocycles. The third-order valence-corrected chi connectivity index (χ3v) is 3.91. The highest BCUT2D eigenvalue weighted by molar-refractivity contribution is 5.56. The summed E-state index contributed by atoms with van der Waals surface area (Å²) in [7, 11) is 0. The molecule has 1 aromatic rings. The van der Waals surface area contributed by atoms with Crippen molar-refractivity contribution in [2.24, 2.45) is 5.73 Å². The second-order valence-corrected chi connectivity index (χ2v) is 5.30. The largest absolute Gasteiger partial charge is 0.490 e. The second kappa shape index (κ2) is 6.33. The van der Waals surface area contributed by atoms with Crippen molar-refractivity contribution in [3.8, 4) is 11.5 Å². The van der Waals surface area contributed by atoms with Crippen molar-refractivity contribution in [1.29, 1.82) is 0 Å². The van der Waals surface area contributed by atoms with Gasteiger partial charge in [-0.25, -0.2) is 0 Å². The van der Waals surface area contributed by atoms with Gasteiger partial charge >= 0.3 is 0 Å². The molecule has 2 N–H and O–H groups in total. The molecule has 0 spiro atoms. The highest BCUT2D eigenvalue weighted by atomic mass is 16.5. The molecule has 20 heavy (non-hydrogen) atoms. The van der Waals surface area contributed by atoms with Crippen LogP contribution in [-0.4, -0.2) is 57.4 Å². The van der Waals surface area contributed by atoms with Gasteiger partial charge in [-0.1, -0.05) is 0 Å². The second-order valence-electron chi connectivity index (χ2n) is 5.30. The molecule has 0 unspecified atom stereocenters. The van der Waals surface area contributed by atoms with Crippen LogP contribution in [0.5, 0.6) is 11.5 Å². The van der Waals surface area contributed by atoms with E-state index in [4.69, 9.17) is 15.2 Å². The van der Waals surface area contributed by atoms with Crippen LogP contribution in [0.25, 0.3) is 0 Å². The first-order valence-corrected chi connectivity index (χ1v) is 7.44. The number of ether oxygens (including phenoxy) is 2. The number of fused-ring (bicyclic) bond motifs is 1. The topological polar surface area (TPSA) is 51.0 Å². The van der Waals surface area contributed by atoms with Crippen molar-refractivity contribution in [2.75, 3.05) is 57.4 Å². The average molecular weight is 277 g/mol. The maximum absolute atomic E-state index is 5.76. The Morgan fingerprint density at radius 2 is 1.75 bits per heavy atom. The Morgan fingerprint density at radius 3 is 2.50 bits per heavy atom. The number of benzene rings is 1. The van der Waals surface area contributed by atoms with Gasteiger partial charge in [0.25, 0.3) is 0 Å². The number of hydrogen-bond donors (Lipinski definition) is 1. The van der Waals surface area contributed by atoms with Crippen LogP contribution in [-0.2, 0) is 0 Å². The van der Waals surface area contributed by atoms with Gasteiger partial charge in [-0.15, -0.1) is 0 Å². The number of hydrogen-bond acceptors (Lipinski definition) is 5. The van der Waals surface area contributed by atoms with Gasteiger partial charge in [-0.3, -0.25) is 4.90 Å². The molecule has 1 fully saturated rings. The van der Waals surface area contributed by atoms with E-state index >= 15 is 0 Å². The molecule has 2 heterocycles. The maximum Gasteiger partial charge on any atom is 0.163 e. The predicted molar refractivity (Wildman–Crippen MR) is 79.8 cm³/mol. The third-order valence-electron chi connectivity index (χ3n) is 3.91. The Bertz CT molecular complexity index is 445. The van der Waals surface area contributed by atoms with E-state index in [1.54, 1.807) is 0 Å². The minimum atomic E-state index is 0.737. The monoisotopic (exact) mass is 277 g/mol. The lowest BCUT2D eigenvalue weighted by Crippen LogP contribution is -2.47. The number of nitrogens with zero attached hydrogens (tertiary/aromatic N) is 2. The van der Waals surface area contributed by atoms with Crippen molar-refractivity contribution >= 4 is 5.69 Å². The van der Waals surface area contributed by atoms with Gasteiger partial charge in [0.15, 0.2) is 11.5 Å². The number of anilines is 1. The van der Waals surface area contributed by atoms with Gasteiger partial charge in [0.05, 0.1) is 13.2 Å². The average Bonchev–Trinajstić information content (AvgIpc) is 2.73. The fraction of sp³-hybridized carbons (Fsp3) is 0.600. The first-order chi connectivity index (χ1) is 9.86. The number of nitrogens with two attached hydrogens (primary N) is 1. The fourth-order valence-electron chi connectivity index (χ4n) is 2.76. The number of rotatable bonds is 3. The highest BCUT2D eigenvalue weighted by Gasteiger charge is 2.18. The van der Waals surface area contributed by atoms with Crippen molar-refractivity contribution in [3.63, 3.8) is 0 Å². The van der Waals surface area contributed by atoms with E-state index in [0.717, 1.165) is 70.4 Å². The molecular formula is C15H23N3O2. The van der Waals surface area contributed by atoms with E-state index in [9.17, 15) is 0 Å². The van der Waals surface area contributed by atoms with Crippen LogP contribution < -0.4 is 20.1 Å². The molecule has 0 aliphatic carbocycles. The quantitative estimate of drug-likeness (QED) is 0.890. The summed E-state index contributed by atoms with van der Waals surface area (Å²) in [6.07, 6.45) is 0.946. The van der Waals surface area contributed by atoms with Crippen LogP contribution in [0, 0.1) is 0 Å². The van der Waals surface area contributed by atoms with Gasteiger partial charge in [0.1, 0.15) is 0 Å². The Balaban J connectivity index is 1.67. The molecule has 3 rings (SSSR count). The van der Waals surface area contributed by atoms with Crippen LogP contribution >= 0.6 is 0 Å². The van der Waals surface area contributed by atoms with Crippen LogP contribution in [0.4, 0.5) is 5.69 Å².